The van der Waals surface area contributed by atoms with E-state index in [4.69, 9.17) is 4.42 Å². The molecule has 3 heteroatoms. The Morgan fingerprint density at radius 3 is 2.89 bits per heavy atom. The predicted octanol–water partition coefficient (Wildman–Crippen LogP) is 3.91. The Labute approximate surface area is 118 Å². The molecule has 2 aromatic rings. The lowest BCUT2D eigenvalue weighted by Crippen LogP contribution is -2.24. The first-order valence-electron chi connectivity index (χ1n) is 6.68. The first kappa shape index (κ1) is 12.8. The average molecular weight is 273 g/mol. The molecule has 0 N–H and O–H groups in total. The average Bonchev–Trinajstić information content (AvgIpc) is 2.97. The lowest BCUT2D eigenvalue weighted by Gasteiger charge is -2.20. The van der Waals surface area contributed by atoms with E-state index in [1.54, 1.807) is 0 Å². The molecule has 0 amide bonds. The largest absolute Gasteiger partial charge is 0.465 e. The van der Waals surface area contributed by atoms with E-state index in [9.17, 15) is 0 Å². The number of rotatable bonds is 4. The van der Waals surface area contributed by atoms with Crippen molar-refractivity contribution in [2.75, 3.05) is 19.3 Å². The maximum absolute atomic E-state index is 5.64. The topological polar surface area (TPSA) is 16.4 Å². The number of aryl methyl sites for hydroxylation is 1. The van der Waals surface area contributed by atoms with Gasteiger partial charge in [0.15, 0.2) is 0 Å². The Morgan fingerprint density at radius 1 is 1.26 bits per heavy atom. The Balaban J connectivity index is 1.63. The number of hydrogen-bond acceptors (Lipinski definition) is 3. The maximum Gasteiger partial charge on any atom is 0.118 e. The fourth-order valence-electron chi connectivity index (χ4n) is 2.66. The SMILES string of the molecule is Cc1ccc(CN(C)CC2CSc3ccccc32)o1. The van der Waals surface area contributed by atoms with E-state index in [-0.39, 0.29) is 0 Å². The van der Waals surface area contributed by atoms with Crippen LogP contribution < -0.4 is 0 Å². The molecule has 0 aliphatic carbocycles. The Hall–Kier alpha value is -1.19. The standard InChI is InChI=1S/C16H19NOS/c1-12-7-8-14(18-12)10-17(2)9-13-11-19-16-6-4-3-5-15(13)16/h3-8,13H,9-11H2,1-2H3. The summed E-state index contributed by atoms with van der Waals surface area (Å²) in [5.41, 5.74) is 1.51. The van der Waals surface area contributed by atoms with Crippen LogP contribution in [-0.2, 0) is 6.54 Å². The van der Waals surface area contributed by atoms with Crippen molar-refractivity contribution < 1.29 is 4.42 Å². The van der Waals surface area contributed by atoms with Crippen molar-refractivity contribution >= 4 is 11.8 Å². The summed E-state index contributed by atoms with van der Waals surface area (Å²) in [5, 5.41) is 0. The smallest absolute Gasteiger partial charge is 0.118 e. The van der Waals surface area contributed by atoms with Crippen LogP contribution in [-0.4, -0.2) is 24.2 Å². The van der Waals surface area contributed by atoms with Crippen molar-refractivity contribution in [3.63, 3.8) is 0 Å². The van der Waals surface area contributed by atoms with Crippen molar-refractivity contribution in [1.82, 2.24) is 4.90 Å². The highest BCUT2D eigenvalue weighted by Gasteiger charge is 2.23. The van der Waals surface area contributed by atoms with E-state index < -0.39 is 0 Å². The molecule has 0 fully saturated rings. The molecule has 19 heavy (non-hydrogen) atoms. The molecule has 1 atom stereocenters. The molecule has 0 bridgehead atoms. The van der Waals surface area contributed by atoms with Gasteiger partial charge in [-0.1, -0.05) is 18.2 Å². The summed E-state index contributed by atoms with van der Waals surface area (Å²) in [6, 6.07) is 12.9. The summed E-state index contributed by atoms with van der Waals surface area (Å²) < 4.78 is 5.64. The molecule has 2 heterocycles. The second-order valence-corrected chi connectivity index (χ2v) is 6.32. The number of benzene rings is 1. The van der Waals surface area contributed by atoms with Crippen molar-refractivity contribution in [3.8, 4) is 0 Å². The van der Waals surface area contributed by atoms with Gasteiger partial charge in [-0.3, -0.25) is 4.90 Å². The van der Waals surface area contributed by atoms with E-state index in [0.29, 0.717) is 5.92 Å². The molecule has 0 saturated heterocycles. The van der Waals surface area contributed by atoms with Crippen molar-refractivity contribution in [3.05, 3.63) is 53.5 Å². The summed E-state index contributed by atoms with van der Waals surface area (Å²) in [5.74, 6) is 3.88. The normalized spacial score (nSPS) is 17.9. The molecule has 1 aromatic carbocycles. The third-order valence-electron chi connectivity index (χ3n) is 3.55. The molecule has 0 saturated carbocycles. The van der Waals surface area contributed by atoms with Crippen LogP contribution >= 0.6 is 11.8 Å². The van der Waals surface area contributed by atoms with Crippen LogP contribution in [0.15, 0.2) is 45.7 Å². The molecule has 1 aromatic heterocycles. The van der Waals surface area contributed by atoms with Gasteiger partial charge in [-0.25, -0.2) is 0 Å². The first-order valence-corrected chi connectivity index (χ1v) is 7.66. The Kier molecular flexibility index (Phi) is 3.67. The lowest BCUT2D eigenvalue weighted by molar-refractivity contribution is 0.281. The van der Waals surface area contributed by atoms with Crippen LogP contribution in [0.25, 0.3) is 0 Å². The minimum atomic E-state index is 0.641. The van der Waals surface area contributed by atoms with E-state index in [1.807, 2.05) is 24.8 Å². The highest BCUT2D eigenvalue weighted by molar-refractivity contribution is 7.99. The van der Waals surface area contributed by atoms with Gasteiger partial charge in [0.2, 0.25) is 0 Å². The number of hydrogen-bond donors (Lipinski definition) is 0. The molecule has 0 radical (unpaired) electrons. The van der Waals surface area contributed by atoms with E-state index in [2.05, 4.69) is 42.3 Å². The number of thioether (sulfide) groups is 1. The molecule has 1 aliphatic rings. The molecule has 1 aliphatic heterocycles. The third kappa shape index (κ3) is 2.88. The first-order chi connectivity index (χ1) is 9.22. The zero-order valence-electron chi connectivity index (χ0n) is 11.4. The maximum atomic E-state index is 5.64. The van der Waals surface area contributed by atoms with Gasteiger partial charge in [0.25, 0.3) is 0 Å². The van der Waals surface area contributed by atoms with Crippen LogP contribution in [0.2, 0.25) is 0 Å². The van der Waals surface area contributed by atoms with Crippen molar-refractivity contribution in [2.24, 2.45) is 0 Å². The van der Waals surface area contributed by atoms with Crippen molar-refractivity contribution in [1.29, 1.82) is 0 Å². The molecule has 3 rings (SSSR count). The number of nitrogens with zero attached hydrogens (tertiary/aromatic N) is 1. The quantitative estimate of drug-likeness (QED) is 0.840. The number of likely N-dealkylation sites (N-methyl/N-ethyl adjacent to an activating group) is 1. The van der Waals surface area contributed by atoms with E-state index >= 15 is 0 Å². The van der Waals surface area contributed by atoms with Gasteiger partial charge in [0.1, 0.15) is 11.5 Å². The van der Waals surface area contributed by atoms with Gasteiger partial charge in [0, 0.05) is 23.1 Å². The summed E-state index contributed by atoms with van der Waals surface area (Å²) in [7, 11) is 2.17. The van der Waals surface area contributed by atoms with Crippen LogP contribution in [0.3, 0.4) is 0 Å². The molecular formula is C16H19NOS. The summed E-state index contributed by atoms with van der Waals surface area (Å²) in [4.78, 5) is 3.81. The zero-order chi connectivity index (χ0) is 13.2. The predicted molar refractivity (Wildman–Crippen MR) is 79.7 cm³/mol. The highest BCUT2D eigenvalue weighted by atomic mass is 32.2. The molecule has 0 spiro atoms. The van der Waals surface area contributed by atoms with Crippen LogP contribution in [0, 0.1) is 6.92 Å². The fourth-order valence-corrected chi connectivity index (χ4v) is 3.90. The number of fused-ring (bicyclic) bond motifs is 1. The zero-order valence-corrected chi connectivity index (χ0v) is 12.2. The molecule has 1 unspecified atom stereocenters. The number of furan rings is 1. The minimum absolute atomic E-state index is 0.641. The lowest BCUT2D eigenvalue weighted by atomic mass is 10.0. The molecular weight excluding hydrogens is 254 g/mol. The van der Waals surface area contributed by atoms with E-state index in [1.165, 1.54) is 16.2 Å². The third-order valence-corrected chi connectivity index (χ3v) is 4.80. The van der Waals surface area contributed by atoms with Gasteiger partial charge >= 0.3 is 0 Å². The van der Waals surface area contributed by atoms with Gasteiger partial charge in [-0.05, 0) is 37.7 Å². The monoisotopic (exact) mass is 273 g/mol. The Morgan fingerprint density at radius 2 is 2.11 bits per heavy atom. The van der Waals surface area contributed by atoms with Crippen LogP contribution in [0.4, 0.5) is 0 Å². The van der Waals surface area contributed by atoms with Gasteiger partial charge in [0.05, 0.1) is 6.54 Å². The van der Waals surface area contributed by atoms with Crippen LogP contribution in [0.5, 0.6) is 0 Å². The summed E-state index contributed by atoms with van der Waals surface area (Å²) >= 11 is 1.98. The van der Waals surface area contributed by atoms with Gasteiger partial charge in [-0.2, -0.15) is 0 Å². The Bertz CT molecular complexity index is 563. The van der Waals surface area contributed by atoms with Crippen molar-refractivity contribution in [2.45, 2.75) is 24.3 Å². The van der Waals surface area contributed by atoms with Crippen LogP contribution in [0.1, 0.15) is 23.0 Å². The van der Waals surface area contributed by atoms with Gasteiger partial charge in [-0.15, -0.1) is 11.8 Å². The second-order valence-electron chi connectivity index (χ2n) is 5.25. The summed E-state index contributed by atoms with van der Waals surface area (Å²) in [6.45, 7) is 3.97. The fraction of sp³-hybridized carbons (Fsp3) is 0.375. The highest BCUT2D eigenvalue weighted by Crippen LogP contribution is 2.39. The van der Waals surface area contributed by atoms with E-state index in [0.717, 1.165) is 24.6 Å². The summed E-state index contributed by atoms with van der Waals surface area (Å²) in [6.07, 6.45) is 0. The molecule has 2 nitrogen and oxygen atoms in total. The minimum Gasteiger partial charge on any atom is -0.465 e. The molecule has 100 valence electrons. The second kappa shape index (κ2) is 5.43. The van der Waals surface area contributed by atoms with Gasteiger partial charge < -0.3 is 4.42 Å².